The third-order valence-corrected chi connectivity index (χ3v) is 3.58. The molecule has 0 fully saturated rings. The van der Waals surface area contributed by atoms with E-state index in [1.165, 1.54) is 0 Å². The van der Waals surface area contributed by atoms with Crippen LogP contribution in [-0.2, 0) is 6.54 Å². The molecule has 0 aliphatic carbocycles. The van der Waals surface area contributed by atoms with Crippen LogP contribution in [0.1, 0.15) is 16.1 Å². The molecule has 1 aromatic heterocycles. The number of furan rings is 1. The molecule has 0 radical (unpaired) electrons. The Morgan fingerprint density at radius 3 is 2.57 bits per heavy atom. The van der Waals surface area contributed by atoms with Gasteiger partial charge in [-0.2, -0.15) is 0 Å². The van der Waals surface area contributed by atoms with E-state index in [-0.39, 0.29) is 11.7 Å². The highest BCUT2D eigenvalue weighted by Crippen LogP contribution is 2.28. The van der Waals surface area contributed by atoms with Crippen LogP contribution in [0.5, 0.6) is 11.5 Å². The first-order valence-electron chi connectivity index (χ1n) is 7.19. The molecule has 0 saturated carbocycles. The number of para-hydroxylation sites is 2. The van der Waals surface area contributed by atoms with Crippen LogP contribution in [-0.4, -0.2) is 20.1 Å². The minimum absolute atomic E-state index is 0.249. The van der Waals surface area contributed by atoms with Crippen LogP contribution in [0.15, 0.2) is 52.9 Å². The Hall–Kier alpha value is -2.95. The van der Waals surface area contributed by atoms with Gasteiger partial charge in [0, 0.05) is 17.5 Å². The predicted octanol–water partition coefficient (Wildman–Crippen LogP) is 3.38. The molecule has 5 nitrogen and oxygen atoms in total. The maximum Gasteiger partial charge on any atom is 0.287 e. The molecule has 1 amide bonds. The fraction of sp³-hybridized carbons (Fsp3) is 0.167. The molecule has 3 aromatic rings. The first-order chi connectivity index (χ1) is 11.2. The number of ether oxygens (including phenoxy) is 2. The normalized spacial score (nSPS) is 10.5. The fourth-order valence-electron chi connectivity index (χ4n) is 2.42. The summed E-state index contributed by atoms with van der Waals surface area (Å²) in [6.07, 6.45) is 0. The Labute approximate surface area is 133 Å². The van der Waals surface area contributed by atoms with Crippen molar-refractivity contribution in [3.05, 3.63) is 59.9 Å². The molecule has 0 bridgehead atoms. The number of carbonyl (C=O) groups is 1. The van der Waals surface area contributed by atoms with Crippen LogP contribution in [0.4, 0.5) is 0 Å². The number of hydrogen-bond acceptors (Lipinski definition) is 4. The monoisotopic (exact) mass is 311 g/mol. The van der Waals surface area contributed by atoms with Gasteiger partial charge in [-0.1, -0.05) is 30.3 Å². The summed E-state index contributed by atoms with van der Waals surface area (Å²) in [7, 11) is 3.17. The zero-order valence-corrected chi connectivity index (χ0v) is 13.0. The number of rotatable bonds is 5. The summed E-state index contributed by atoms with van der Waals surface area (Å²) in [6, 6.07) is 14.8. The SMILES string of the molecule is COc1ccccc1CNC(=O)c1cc2cccc(OC)c2o1. The molecule has 0 aliphatic rings. The second-order valence-electron chi connectivity index (χ2n) is 4.98. The number of benzene rings is 2. The highest BCUT2D eigenvalue weighted by molar-refractivity contribution is 5.97. The van der Waals surface area contributed by atoms with Gasteiger partial charge in [-0.3, -0.25) is 4.79 Å². The molecule has 23 heavy (non-hydrogen) atoms. The molecular weight excluding hydrogens is 294 g/mol. The Morgan fingerprint density at radius 2 is 1.78 bits per heavy atom. The van der Waals surface area contributed by atoms with Crippen molar-refractivity contribution in [3.8, 4) is 11.5 Å². The van der Waals surface area contributed by atoms with E-state index in [0.717, 1.165) is 16.7 Å². The van der Waals surface area contributed by atoms with Gasteiger partial charge in [-0.05, 0) is 18.2 Å². The Bertz CT molecular complexity index is 838. The standard InChI is InChI=1S/C18H17NO4/c1-21-14-8-4-3-6-13(14)11-19-18(20)16-10-12-7-5-9-15(22-2)17(12)23-16/h3-10H,11H2,1-2H3,(H,19,20). The van der Waals surface area contributed by atoms with Crippen LogP contribution in [0.25, 0.3) is 11.0 Å². The van der Waals surface area contributed by atoms with Crippen molar-refractivity contribution < 1.29 is 18.7 Å². The van der Waals surface area contributed by atoms with Crippen molar-refractivity contribution in [1.29, 1.82) is 0 Å². The van der Waals surface area contributed by atoms with Gasteiger partial charge in [0.15, 0.2) is 17.1 Å². The fourth-order valence-corrected chi connectivity index (χ4v) is 2.42. The van der Waals surface area contributed by atoms with Crippen molar-refractivity contribution in [2.24, 2.45) is 0 Å². The van der Waals surface area contributed by atoms with Crippen molar-refractivity contribution >= 4 is 16.9 Å². The molecule has 5 heteroatoms. The molecule has 0 aliphatic heterocycles. The summed E-state index contributed by atoms with van der Waals surface area (Å²) in [5.74, 6) is 1.30. The zero-order valence-electron chi connectivity index (χ0n) is 13.0. The summed E-state index contributed by atoms with van der Waals surface area (Å²) in [6.45, 7) is 0.358. The molecule has 3 rings (SSSR count). The zero-order chi connectivity index (χ0) is 16.2. The van der Waals surface area contributed by atoms with Crippen molar-refractivity contribution in [2.75, 3.05) is 14.2 Å². The van der Waals surface area contributed by atoms with Gasteiger partial charge in [-0.15, -0.1) is 0 Å². The summed E-state index contributed by atoms with van der Waals surface area (Å²) < 4.78 is 16.1. The number of nitrogens with one attached hydrogen (secondary N) is 1. The minimum atomic E-state index is -0.283. The first kappa shape index (κ1) is 15.0. The summed E-state index contributed by atoms with van der Waals surface area (Å²) >= 11 is 0. The second-order valence-corrected chi connectivity index (χ2v) is 4.98. The van der Waals surface area contributed by atoms with Crippen molar-refractivity contribution in [1.82, 2.24) is 5.32 Å². The first-order valence-corrected chi connectivity index (χ1v) is 7.19. The van der Waals surface area contributed by atoms with E-state index < -0.39 is 0 Å². The number of methoxy groups -OCH3 is 2. The van der Waals surface area contributed by atoms with Gasteiger partial charge >= 0.3 is 0 Å². The lowest BCUT2D eigenvalue weighted by Gasteiger charge is -2.08. The molecule has 1 N–H and O–H groups in total. The second kappa shape index (κ2) is 6.44. The van der Waals surface area contributed by atoms with E-state index in [4.69, 9.17) is 13.9 Å². The average molecular weight is 311 g/mol. The summed E-state index contributed by atoms with van der Waals surface area (Å²) in [4.78, 5) is 12.3. The van der Waals surface area contributed by atoms with Gasteiger partial charge in [-0.25, -0.2) is 0 Å². The topological polar surface area (TPSA) is 60.7 Å². The van der Waals surface area contributed by atoms with E-state index >= 15 is 0 Å². The van der Waals surface area contributed by atoms with Crippen LogP contribution >= 0.6 is 0 Å². The molecule has 118 valence electrons. The van der Waals surface area contributed by atoms with Gasteiger partial charge in [0.05, 0.1) is 14.2 Å². The lowest BCUT2D eigenvalue weighted by atomic mass is 10.2. The van der Waals surface area contributed by atoms with Crippen LogP contribution in [0, 0.1) is 0 Å². The maximum absolute atomic E-state index is 12.3. The van der Waals surface area contributed by atoms with Crippen molar-refractivity contribution in [2.45, 2.75) is 6.54 Å². The lowest BCUT2D eigenvalue weighted by molar-refractivity contribution is 0.0925. The van der Waals surface area contributed by atoms with Gasteiger partial charge in [0.25, 0.3) is 5.91 Å². The smallest absolute Gasteiger partial charge is 0.287 e. The largest absolute Gasteiger partial charge is 0.496 e. The van der Waals surface area contributed by atoms with Gasteiger partial charge in [0.2, 0.25) is 0 Å². The molecule has 0 unspecified atom stereocenters. The quantitative estimate of drug-likeness (QED) is 0.784. The predicted molar refractivity (Wildman–Crippen MR) is 86.9 cm³/mol. The van der Waals surface area contributed by atoms with E-state index in [2.05, 4.69) is 5.32 Å². The number of hydrogen-bond donors (Lipinski definition) is 1. The van der Waals surface area contributed by atoms with E-state index in [1.54, 1.807) is 26.4 Å². The van der Waals surface area contributed by atoms with E-state index in [9.17, 15) is 4.79 Å². The molecule has 0 atom stereocenters. The Morgan fingerprint density at radius 1 is 1.04 bits per heavy atom. The summed E-state index contributed by atoms with van der Waals surface area (Å²) in [5, 5.41) is 3.66. The average Bonchev–Trinajstić information content (AvgIpc) is 3.04. The third-order valence-electron chi connectivity index (χ3n) is 3.58. The highest BCUT2D eigenvalue weighted by Gasteiger charge is 2.15. The van der Waals surface area contributed by atoms with Gasteiger partial charge in [0.1, 0.15) is 5.75 Å². The van der Waals surface area contributed by atoms with Crippen LogP contribution < -0.4 is 14.8 Å². The highest BCUT2D eigenvalue weighted by atomic mass is 16.5. The lowest BCUT2D eigenvalue weighted by Crippen LogP contribution is -2.22. The maximum atomic E-state index is 12.3. The van der Waals surface area contributed by atoms with Crippen LogP contribution in [0.3, 0.4) is 0 Å². The van der Waals surface area contributed by atoms with Gasteiger partial charge < -0.3 is 19.2 Å². The molecule has 2 aromatic carbocycles. The minimum Gasteiger partial charge on any atom is -0.496 e. The van der Waals surface area contributed by atoms with E-state index in [0.29, 0.717) is 17.9 Å². The molecule has 0 saturated heterocycles. The molecule has 1 heterocycles. The number of amides is 1. The molecule has 0 spiro atoms. The summed E-state index contributed by atoms with van der Waals surface area (Å²) in [5.41, 5.74) is 1.47. The van der Waals surface area contributed by atoms with Crippen LogP contribution in [0.2, 0.25) is 0 Å². The van der Waals surface area contributed by atoms with E-state index in [1.807, 2.05) is 36.4 Å². The molecular formula is C18H17NO4. The number of fused-ring (bicyclic) bond motifs is 1. The third kappa shape index (κ3) is 2.99. The number of carbonyl (C=O) groups excluding carboxylic acids is 1. The Balaban J connectivity index is 1.78. The van der Waals surface area contributed by atoms with Crippen molar-refractivity contribution in [3.63, 3.8) is 0 Å². The Kier molecular flexibility index (Phi) is 4.19.